The van der Waals surface area contributed by atoms with Gasteiger partial charge in [0.25, 0.3) is 0 Å². The van der Waals surface area contributed by atoms with Crippen LogP contribution in [-0.2, 0) is 4.29 Å². The molecule has 1 heterocycles. The van der Waals surface area contributed by atoms with Crippen molar-refractivity contribution in [1.82, 2.24) is 9.97 Å². The number of carbonyl (C=O) groups excluding carboxylic acids is 1. The summed E-state index contributed by atoms with van der Waals surface area (Å²) in [4.78, 5) is 17.8. The number of nitrogens with one attached hydrogen (secondary N) is 1. The molecule has 0 fully saturated rings. The van der Waals surface area contributed by atoms with Crippen LogP contribution in [0.15, 0.2) is 18.6 Å². The van der Waals surface area contributed by atoms with Crippen LogP contribution in [-0.4, -0.2) is 16.1 Å². The fourth-order valence-electron chi connectivity index (χ4n) is 0.488. The molecule has 1 rings (SSSR count). The fourth-order valence-corrected chi connectivity index (χ4v) is 0.527. The van der Waals surface area contributed by atoms with Crippen molar-refractivity contribution >= 4 is 23.8 Å². The molecule has 6 heteroatoms. The number of rotatable bonds is 1. The largest absolute Gasteiger partial charge is 0.431 e. The maximum atomic E-state index is 10.5. The average Bonchev–Trinajstić information content (AvgIpc) is 2.06. The van der Waals surface area contributed by atoms with Crippen LogP contribution >= 0.6 is 11.9 Å². The van der Waals surface area contributed by atoms with E-state index in [-0.39, 0.29) is 0 Å². The van der Waals surface area contributed by atoms with E-state index in [1.807, 2.05) is 0 Å². The molecular weight excluding hydrogens is 170 g/mol. The summed E-state index contributed by atoms with van der Waals surface area (Å²) in [6, 6.07) is 1.51. The second-order valence-electron chi connectivity index (χ2n) is 1.58. The van der Waals surface area contributed by atoms with Crippen molar-refractivity contribution in [2.45, 2.75) is 0 Å². The maximum Gasteiger partial charge on any atom is 0.431 e. The minimum absolute atomic E-state index is 0.339. The first-order chi connectivity index (χ1) is 5.33. The van der Waals surface area contributed by atoms with Crippen molar-refractivity contribution in [2.75, 3.05) is 5.32 Å². The van der Waals surface area contributed by atoms with Crippen LogP contribution in [0.2, 0.25) is 0 Å². The highest BCUT2D eigenvalue weighted by molar-refractivity contribution is 6.14. The lowest BCUT2D eigenvalue weighted by atomic mass is 10.6. The molecule has 1 aromatic heterocycles. The van der Waals surface area contributed by atoms with Gasteiger partial charge >= 0.3 is 6.09 Å². The molecule has 0 aliphatic heterocycles. The van der Waals surface area contributed by atoms with Gasteiger partial charge in [-0.25, -0.2) is 14.8 Å². The summed E-state index contributed by atoms with van der Waals surface area (Å²) < 4.78 is 3.82. The number of halogens is 1. The molecule has 1 aromatic rings. The summed E-state index contributed by atoms with van der Waals surface area (Å²) in [6.45, 7) is 0. The second-order valence-corrected chi connectivity index (χ2v) is 1.74. The molecule has 0 bridgehead atoms. The Labute approximate surface area is 67.5 Å². The van der Waals surface area contributed by atoms with E-state index < -0.39 is 6.09 Å². The Bertz CT molecular complexity index is 241. The zero-order chi connectivity index (χ0) is 8.10. The number of amides is 1. The van der Waals surface area contributed by atoms with Gasteiger partial charge < -0.3 is 4.29 Å². The normalized spacial score (nSPS) is 8.82. The van der Waals surface area contributed by atoms with E-state index in [1.165, 1.54) is 18.6 Å². The fraction of sp³-hybridized carbons (Fsp3) is 0. The predicted molar refractivity (Wildman–Crippen MR) is 38.0 cm³/mol. The van der Waals surface area contributed by atoms with Crippen molar-refractivity contribution in [3.05, 3.63) is 18.6 Å². The molecule has 1 amide bonds. The number of nitrogens with zero attached hydrogens (tertiary/aromatic N) is 2. The molecule has 11 heavy (non-hydrogen) atoms. The van der Waals surface area contributed by atoms with Crippen LogP contribution in [0, 0.1) is 0 Å². The summed E-state index contributed by atoms with van der Waals surface area (Å²) >= 11 is 4.75. The third-order valence-corrected chi connectivity index (χ3v) is 1.02. The van der Waals surface area contributed by atoms with E-state index >= 15 is 0 Å². The van der Waals surface area contributed by atoms with Gasteiger partial charge in [-0.05, 0) is 6.07 Å². The van der Waals surface area contributed by atoms with E-state index in [1.54, 1.807) is 0 Å². The first-order valence-electron chi connectivity index (χ1n) is 2.68. The highest BCUT2D eigenvalue weighted by atomic mass is 35.5. The lowest BCUT2D eigenvalue weighted by molar-refractivity contribution is 0.219. The molecule has 0 atom stereocenters. The standard InChI is InChI=1S/C5H4ClN3O2/c6-11-5(10)9-4-1-2-7-3-8-4/h1-3H,(H,7,8,9,10). The highest BCUT2D eigenvalue weighted by Crippen LogP contribution is 1.98. The number of hydrogen-bond donors (Lipinski definition) is 1. The Morgan fingerprint density at radius 1 is 1.73 bits per heavy atom. The third-order valence-electron chi connectivity index (χ3n) is 0.882. The van der Waals surface area contributed by atoms with E-state index in [0.717, 1.165) is 0 Å². The summed E-state index contributed by atoms with van der Waals surface area (Å²) in [5.41, 5.74) is 0. The van der Waals surface area contributed by atoms with Crippen LogP contribution in [0.3, 0.4) is 0 Å². The van der Waals surface area contributed by atoms with Gasteiger partial charge in [0, 0.05) is 6.20 Å². The molecule has 0 saturated heterocycles. The Balaban J connectivity index is 2.58. The van der Waals surface area contributed by atoms with Gasteiger partial charge in [-0.2, -0.15) is 0 Å². The number of carbonyl (C=O) groups is 1. The van der Waals surface area contributed by atoms with E-state index in [4.69, 9.17) is 11.9 Å². The first-order valence-corrected chi connectivity index (χ1v) is 2.99. The van der Waals surface area contributed by atoms with Gasteiger partial charge in [-0.3, -0.25) is 5.32 Å². The molecule has 0 spiro atoms. The number of aromatic nitrogens is 2. The van der Waals surface area contributed by atoms with Crippen LogP contribution in [0.4, 0.5) is 10.6 Å². The Morgan fingerprint density at radius 2 is 2.55 bits per heavy atom. The van der Waals surface area contributed by atoms with Crippen molar-refractivity contribution in [3.8, 4) is 0 Å². The first kappa shape index (κ1) is 7.74. The van der Waals surface area contributed by atoms with Crippen LogP contribution in [0.5, 0.6) is 0 Å². The van der Waals surface area contributed by atoms with E-state index in [9.17, 15) is 4.79 Å². The Morgan fingerprint density at radius 3 is 3.09 bits per heavy atom. The average molecular weight is 174 g/mol. The molecular formula is C5H4ClN3O2. The molecule has 0 radical (unpaired) electrons. The Hall–Kier alpha value is -1.36. The predicted octanol–water partition coefficient (Wildman–Crippen LogP) is 1.18. The van der Waals surface area contributed by atoms with Crippen LogP contribution in [0.1, 0.15) is 0 Å². The van der Waals surface area contributed by atoms with Gasteiger partial charge in [0.1, 0.15) is 24.0 Å². The lowest BCUT2D eigenvalue weighted by Crippen LogP contribution is -2.09. The van der Waals surface area contributed by atoms with Crippen molar-refractivity contribution in [1.29, 1.82) is 0 Å². The zero-order valence-corrected chi connectivity index (χ0v) is 6.08. The minimum atomic E-state index is -0.773. The monoisotopic (exact) mass is 173 g/mol. The SMILES string of the molecule is O=C(Nc1ccncn1)OCl. The zero-order valence-electron chi connectivity index (χ0n) is 5.32. The van der Waals surface area contributed by atoms with E-state index in [0.29, 0.717) is 5.82 Å². The highest BCUT2D eigenvalue weighted by Gasteiger charge is 2.00. The molecule has 0 aliphatic rings. The van der Waals surface area contributed by atoms with Gasteiger partial charge in [-0.1, -0.05) is 0 Å². The van der Waals surface area contributed by atoms with Crippen LogP contribution < -0.4 is 5.32 Å². The van der Waals surface area contributed by atoms with Gasteiger partial charge in [-0.15, -0.1) is 0 Å². The molecule has 0 saturated carbocycles. The maximum absolute atomic E-state index is 10.5. The molecule has 0 aliphatic carbocycles. The van der Waals surface area contributed by atoms with Crippen LogP contribution in [0.25, 0.3) is 0 Å². The number of anilines is 1. The number of hydrogen-bond acceptors (Lipinski definition) is 4. The smallest absolute Gasteiger partial charge is 0.330 e. The Kier molecular flexibility index (Phi) is 2.62. The van der Waals surface area contributed by atoms with Gasteiger partial charge in [0.05, 0.1) is 0 Å². The van der Waals surface area contributed by atoms with Gasteiger partial charge in [0.2, 0.25) is 0 Å². The summed E-state index contributed by atoms with van der Waals surface area (Å²) in [5.74, 6) is 0.339. The lowest BCUT2D eigenvalue weighted by Gasteiger charge is -1.97. The van der Waals surface area contributed by atoms with Gasteiger partial charge in [0.15, 0.2) is 0 Å². The summed E-state index contributed by atoms with van der Waals surface area (Å²) in [7, 11) is 0. The minimum Gasteiger partial charge on any atom is -0.330 e. The molecule has 5 nitrogen and oxygen atoms in total. The van der Waals surface area contributed by atoms with Crippen molar-refractivity contribution in [2.24, 2.45) is 0 Å². The second kappa shape index (κ2) is 3.72. The molecule has 1 N–H and O–H groups in total. The van der Waals surface area contributed by atoms with Crippen molar-refractivity contribution < 1.29 is 9.08 Å². The third kappa shape index (κ3) is 2.38. The topological polar surface area (TPSA) is 64.1 Å². The molecule has 0 aromatic carbocycles. The molecule has 58 valence electrons. The summed E-state index contributed by atoms with van der Waals surface area (Å²) in [6.07, 6.45) is 2.01. The summed E-state index contributed by atoms with van der Waals surface area (Å²) in [5, 5.41) is 2.25. The van der Waals surface area contributed by atoms with E-state index in [2.05, 4.69) is 19.6 Å². The van der Waals surface area contributed by atoms with Crippen molar-refractivity contribution in [3.63, 3.8) is 0 Å². The molecule has 0 unspecified atom stereocenters. The quantitative estimate of drug-likeness (QED) is 0.693.